The van der Waals surface area contributed by atoms with Crippen molar-refractivity contribution in [2.75, 3.05) is 0 Å². The number of pyridine rings is 1. The van der Waals surface area contributed by atoms with Crippen LogP contribution in [0.3, 0.4) is 0 Å². The molecule has 0 radical (unpaired) electrons. The van der Waals surface area contributed by atoms with Crippen LogP contribution >= 0.6 is 0 Å². The van der Waals surface area contributed by atoms with E-state index in [1.54, 1.807) is 12.3 Å². The Balaban J connectivity index is 2.64. The van der Waals surface area contributed by atoms with E-state index in [2.05, 4.69) is 16.2 Å². The van der Waals surface area contributed by atoms with Crippen LogP contribution in [-0.4, -0.2) is 28.0 Å². The maximum Gasteiger partial charge on any atom is 0.327 e. The third-order valence-corrected chi connectivity index (χ3v) is 2.40. The van der Waals surface area contributed by atoms with Crippen LogP contribution in [0.4, 0.5) is 0 Å². The lowest BCUT2D eigenvalue weighted by Gasteiger charge is -2.12. The normalized spacial score (nSPS) is 11.3. The number of aryl methyl sites for hydroxylation is 1. The molecule has 18 heavy (non-hydrogen) atoms. The third-order valence-electron chi connectivity index (χ3n) is 2.40. The first kappa shape index (κ1) is 13.7. The lowest BCUT2D eigenvalue weighted by Crippen LogP contribution is -2.41. The largest absolute Gasteiger partial charge is 0.480 e. The molecule has 0 bridgehead atoms. The number of carbonyl (C=O) groups is 2. The van der Waals surface area contributed by atoms with E-state index in [4.69, 9.17) is 11.5 Å². The number of hydrogen-bond acceptors (Lipinski definition) is 3. The van der Waals surface area contributed by atoms with Gasteiger partial charge in [-0.1, -0.05) is 6.07 Å². The molecular weight excluding hydrogens is 232 g/mol. The summed E-state index contributed by atoms with van der Waals surface area (Å²) >= 11 is 0. The maximum atomic E-state index is 11.7. The van der Waals surface area contributed by atoms with E-state index in [0.29, 0.717) is 5.69 Å². The SMILES string of the molecule is C#CCC(NC(=O)Cc1ncccc1C)C(=O)O. The number of hydrogen-bond donors (Lipinski definition) is 2. The van der Waals surface area contributed by atoms with Crippen molar-refractivity contribution >= 4 is 11.9 Å². The molecule has 0 saturated carbocycles. The van der Waals surface area contributed by atoms with E-state index in [1.165, 1.54) is 0 Å². The summed E-state index contributed by atoms with van der Waals surface area (Å²) in [7, 11) is 0. The van der Waals surface area contributed by atoms with Gasteiger partial charge in [0.25, 0.3) is 0 Å². The molecule has 0 saturated heterocycles. The topological polar surface area (TPSA) is 79.3 Å². The van der Waals surface area contributed by atoms with Crippen LogP contribution in [0, 0.1) is 19.3 Å². The monoisotopic (exact) mass is 246 g/mol. The van der Waals surface area contributed by atoms with Crippen LogP contribution in [0.25, 0.3) is 0 Å². The van der Waals surface area contributed by atoms with Crippen molar-refractivity contribution < 1.29 is 14.7 Å². The van der Waals surface area contributed by atoms with E-state index in [9.17, 15) is 9.59 Å². The first-order valence-electron chi connectivity index (χ1n) is 5.40. The molecule has 1 unspecified atom stereocenters. The maximum absolute atomic E-state index is 11.7. The first-order chi connectivity index (χ1) is 8.54. The van der Waals surface area contributed by atoms with Crippen LogP contribution in [-0.2, 0) is 16.0 Å². The Bertz CT molecular complexity index is 491. The molecule has 5 heteroatoms. The minimum absolute atomic E-state index is 0.0394. The Hall–Kier alpha value is -2.35. The Morgan fingerprint density at radius 3 is 2.89 bits per heavy atom. The summed E-state index contributed by atoms with van der Waals surface area (Å²) < 4.78 is 0. The van der Waals surface area contributed by atoms with E-state index in [1.807, 2.05) is 13.0 Å². The molecule has 0 aromatic carbocycles. The van der Waals surface area contributed by atoms with Gasteiger partial charge in [-0.2, -0.15) is 0 Å². The van der Waals surface area contributed by atoms with Gasteiger partial charge in [-0.15, -0.1) is 12.3 Å². The third kappa shape index (κ3) is 3.91. The number of aliphatic carboxylic acids is 1. The van der Waals surface area contributed by atoms with Crippen molar-refractivity contribution in [1.29, 1.82) is 0 Å². The zero-order chi connectivity index (χ0) is 13.5. The number of carboxylic acids is 1. The number of rotatable bonds is 5. The Morgan fingerprint density at radius 1 is 1.61 bits per heavy atom. The van der Waals surface area contributed by atoms with E-state index < -0.39 is 17.9 Å². The predicted octanol–water partition coefficient (Wildman–Crippen LogP) is 0.525. The fraction of sp³-hybridized carbons (Fsp3) is 0.308. The zero-order valence-electron chi connectivity index (χ0n) is 10.0. The van der Waals surface area contributed by atoms with Crippen LogP contribution in [0.1, 0.15) is 17.7 Å². The number of carboxylic acid groups (broad SMARTS) is 1. The van der Waals surface area contributed by atoms with Crippen molar-refractivity contribution in [3.63, 3.8) is 0 Å². The van der Waals surface area contributed by atoms with Gasteiger partial charge in [0.1, 0.15) is 6.04 Å². The average Bonchev–Trinajstić information content (AvgIpc) is 2.31. The second-order valence-corrected chi connectivity index (χ2v) is 3.81. The highest BCUT2D eigenvalue weighted by atomic mass is 16.4. The van der Waals surface area contributed by atoms with E-state index >= 15 is 0 Å². The molecule has 5 nitrogen and oxygen atoms in total. The van der Waals surface area contributed by atoms with E-state index in [0.717, 1.165) is 5.56 Å². The van der Waals surface area contributed by atoms with Crippen molar-refractivity contribution in [2.45, 2.75) is 25.8 Å². The van der Waals surface area contributed by atoms with Crippen LogP contribution in [0.15, 0.2) is 18.3 Å². The van der Waals surface area contributed by atoms with Gasteiger partial charge in [0.2, 0.25) is 5.91 Å². The van der Waals surface area contributed by atoms with Gasteiger partial charge < -0.3 is 10.4 Å². The quantitative estimate of drug-likeness (QED) is 0.742. The zero-order valence-corrected chi connectivity index (χ0v) is 10.0. The van der Waals surface area contributed by atoms with Gasteiger partial charge in [0, 0.05) is 12.6 Å². The molecule has 1 atom stereocenters. The summed E-state index contributed by atoms with van der Waals surface area (Å²) in [4.78, 5) is 26.6. The fourth-order valence-corrected chi connectivity index (χ4v) is 1.42. The molecule has 0 aliphatic carbocycles. The highest BCUT2D eigenvalue weighted by molar-refractivity contribution is 5.84. The van der Waals surface area contributed by atoms with Crippen molar-refractivity contribution in [3.05, 3.63) is 29.6 Å². The molecule has 1 aromatic heterocycles. The second kappa shape index (κ2) is 6.40. The fourth-order valence-electron chi connectivity index (χ4n) is 1.42. The molecule has 1 amide bonds. The Kier molecular flexibility index (Phi) is 4.88. The standard InChI is InChI=1S/C13H14N2O3/c1-3-5-10(13(17)18)15-12(16)8-11-9(2)6-4-7-14-11/h1,4,6-7,10H,5,8H2,2H3,(H,15,16)(H,17,18). The smallest absolute Gasteiger partial charge is 0.327 e. The van der Waals surface area contributed by atoms with Crippen LogP contribution < -0.4 is 5.32 Å². The van der Waals surface area contributed by atoms with Crippen molar-refractivity contribution in [1.82, 2.24) is 10.3 Å². The summed E-state index contributed by atoms with van der Waals surface area (Å²) in [5, 5.41) is 11.2. The van der Waals surface area contributed by atoms with Gasteiger partial charge >= 0.3 is 5.97 Å². The highest BCUT2D eigenvalue weighted by Gasteiger charge is 2.19. The van der Waals surface area contributed by atoms with Gasteiger partial charge in [0.05, 0.1) is 12.1 Å². The van der Waals surface area contributed by atoms with Gasteiger partial charge in [-0.05, 0) is 18.6 Å². The summed E-state index contributed by atoms with van der Waals surface area (Å²) in [6.07, 6.45) is 6.63. The summed E-state index contributed by atoms with van der Waals surface area (Å²) in [5.41, 5.74) is 1.51. The molecule has 1 rings (SSSR count). The number of nitrogens with one attached hydrogen (secondary N) is 1. The molecule has 94 valence electrons. The molecule has 1 aromatic rings. The number of amides is 1. The molecular formula is C13H14N2O3. The molecule has 0 fully saturated rings. The summed E-state index contributed by atoms with van der Waals surface area (Å²) in [6.45, 7) is 1.84. The van der Waals surface area contributed by atoms with Crippen molar-refractivity contribution in [2.24, 2.45) is 0 Å². The number of nitrogens with zero attached hydrogens (tertiary/aromatic N) is 1. The lowest BCUT2D eigenvalue weighted by molar-refractivity contribution is -0.141. The molecule has 1 heterocycles. The van der Waals surface area contributed by atoms with Crippen molar-refractivity contribution in [3.8, 4) is 12.3 Å². The first-order valence-corrected chi connectivity index (χ1v) is 5.40. The Labute approximate surface area is 105 Å². The number of aromatic nitrogens is 1. The van der Waals surface area contributed by atoms with E-state index in [-0.39, 0.29) is 12.8 Å². The van der Waals surface area contributed by atoms with Gasteiger partial charge in [-0.25, -0.2) is 4.79 Å². The highest BCUT2D eigenvalue weighted by Crippen LogP contribution is 2.04. The summed E-state index contributed by atoms with van der Waals surface area (Å²) in [5.74, 6) is 0.675. The molecule has 0 spiro atoms. The van der Waals surface area contributed by atoms with Crippen LogP contribution in [0.5, 0.6) is 0 Å². The molecule has 0 aliphatic heterocycles. The molecule has 0 aliphatic rings. The van der Waals surface area contributed by atoms with Gasteiger partial charge in [-0.3, -0.25) is 9.78 Å². The summed E-state index contributed by atoms with van der Waals surface area (Å²) in [6, 6.07) is 2.56. The van der Waals surface area contributed by atoms with Crippen LogP contribution in [0.2, 0.25) is 0 Å². The second-order valence-electron chi connectivity index (χ2n) is 3.81. The number of carbonyl (C=O) groups excluding carboxylic acids is 1. The minimum atomic E-state index is -1.14. The predicted molar refractivity (Wildman–Crippen MR) is 65.7 cm³/mol. The Morgan fingerprint density at radius 2 is 2.33 bits per heavy atom. The number of terminal acetylenes is 1. The average molecular weight is 246 g/mol. The lowest BCUT2D eigenvalue weighted by atomic mass is 10.1. The minimum Gasteiger partial charge on any atom is -0.480 e. The molecule has 2 N–H and O–H groups in total. The van der Waals surface area contributed by atoms with Gasteiger partial charge in [0.15, 0.2) is 0 Å².